The number of fused-ring (bicyclic) bond motifs is 1. The maximum Gasteiger partial charge on any atom is 0.267 e. The van der Waals surface area contributed by atoms with E-state index < -0.39 is 0 Å². The van der Waals surface area contributed by atoms with Gasteiger partial charge in [0.25, 0.3) is 5.56 Å². The summed E-state index contributed by atoms with van der Waals surface area (Å²) in [6, 6.07) is 8.51. The minimum absolute atomic E-state index is 0.244. The Kier molecular flexibility index (Phi) is 4.52. The number of nitrogens with zero attached hydrogens (tertiary/aromatic N) is 5. The summed E-state index contributed by atoms with van der Waals surface area (Å²) in [7, 11) is 0. The summed E-state index contributed by atoms with van der Waals surface area (Å²) in [5.41, 5.74) is 1.64. The van der Waals surface area contributed by atoms with E-state index in [4.69, 9.17) is 16.6 Å². The van der Waals surface area contributed by atoms with E-state index in [1.807, 2.05) is 6.92 Å². The van der Waals surface area contributed by atoms with Crippen LogP contribution in [-0.2, 0) is 0 Å². The molecule has 1 aromatic carbocycles. The van der Waals surface area contributed by atoms with E-state index >= 15 is 0 Å². The Morgan fingerprint density at radius 2 is 1.89 bits per heavy atom. The van der Waals surface area contributed by atoms with Crippen LogP contribution in [0.15, 0.2) is 66.2 Å². The van der Waals surface area contributed by atoms with Gasteiger partial charge in [0.05, 0.1) is 51.9 Å². The molecule has 1 N–H and O–H groups in total. The lowest BCUT2D eigenvalue weighted by atomic mass is 10.2. The number of rotatable bonds is 4. The number of anilines is 1. The standard InChI is InChI=1S/C19H15ClN6O/c1-12(24-13-8-22-11-23-9-13)18-25-16-6-2-5-15(20)17(16)19(27)26(18)14-4-3-7-21-10-14/h2-12,24H,1H3/t12-/m0/s1. The zero-order valence-corrected chi connectivity index (χ0v) is 15.1. The molecule has 0 aliphatic carbocycles. The largest absolute Gasteiger partial charge is 0.373 e. The Hall–Kier alpha value is -3.32. The molecule has 7 nitrogen and oxygen atoms in total. The van der Waals surface area contributed by atoms with Gasteiger partial charge in [-0.2, -0.15) is 0 Å². The summed E-state index contributed by atoms with van der Waals surface area (Å²) in [6.45, 7) is 1.91. The average molecular weight is 379 g/mol. The van der Waals surface area contributed by atoms with Crippen molar-refractivity contribution in [1.29, 1.82) is 0 Å². The summed E-state index contributed by atoms with van der Waals surface area (Å²) in [5.74, 6) is 0.534. The number of benzene rings is 1. The molecule has 4 aromatic rings. The fraction of sp³-hybridized carbons (Fsp3) is 0.105. The first kappa shape index (κ1) is 17.1. The minimum atomic E-state index is -0.299. The molecule has 3 aromatic heterocycles. The molecule has 134 valence electrons. The smallest absolute Gasteiger partial charge is 0.267 e. The molecule has 0 radical (unpaired) electrons. The van der Waals surface area contributed by atoms with Crippen LogP contribution in [0.5, 0.6) is 0 Å². The summed E-state index contributed by atoms with van der Waals surface area (Å²) in [4.78, 5) is 30.1. The molecule has 4 rings (SSSR count). The van der Waals surface area contributed by atoms with Crippen LogP contribution in [0.25, 0.3) is 16.6 Å². The average Bonchev–Trinajstić information content (AvgIpc) is 2.69. The lowest BCUT2D eigenvalue weighted by Crippen LogP contribution is -2.27. The Morgan fingerprint density at radius 3 is 2.63 bits per heavy atom. The third kappa shape index (κ3) is 3.24. The first-order valence-corrected chi connectivity index (χ1v) is 8.66. The van der Waals surface area contributed by atoms with Crippen molar-refractivity contribution in [2.45, 2.75) is 13.0 Å². The third-order valence-corrected chi connectivity index (χ3v) is 4.42. The molecule has 0 spiro atoms. The van der Waals surface area contributed by atoms with Crippen molar-refractivity contribution in [3.05, 3.63) is 82.6 Å². The number of nitrogens with one attached hydrogen (secondary N) is 1. The molecular weight excluding hydrogens is 364 g/mol. The Balaban J connectivity index is 1.94. The second-order valence-electron chi connectivity index (χ2n) is 5.95. The molecule has 0 bridgehead atoms. The Morgan fingerprint density at radius 1 is 1.07 bits per heavy atom. The van der Waals surface area contributed by atoms with Crippen LogP contribution in [0.2, 0.25) is 5.02 Å². The van der Waals surface area contributed by atoms with E-state index in [1.54, 1.807) is 55.1 Å². The number of aromatic nitrogens is 5. The zero-order chi connectivity index (χ0) is 18.8. The van der Waals surface area contributed by atoms with Crippen molar-refractivity contribution in [2.75, 3.05) is 5.32 Å². The summed E-state index contributed by atoms with van der Waals surface area (Å²) < 4.78 is 1.53. The molecule has 0 saturated carbocycles. The van der Waals surface area contributed by atoms with Crippen LogP contribution in [0, 0.1) is 0 Å². The van der Waals surface area contributed by atoms with Crippen molar-refractivity contribution >= 4 is 28.2 Å². The van der Waals surface area contributed by atoms with Crippen molar-refractivity contribution < 1.29 is 0 Å². The highest BCUT2D eigenvalue weighted by Gasteiger charge is 2.19. The van der Waals surface area contributed by atoms with Crippen molar-refractivity contribution in [1.82, 2.24) is 24.5 Å². The van der Waals surface area contributed by atoms with E-state index in [2.05, 4.69) is 20.3 Å². The van der Waals surface area contributed by atoms with Gasteiger partial charge in [0, 0.05) is 6.20 Å². The van der Waals surface area contributed by atoms with Gasteiger partial charge in [-0.3, -0.25) is 14.3 Å². The van der Waals surface area contributed by atoms with E-state index in [0.29, 0.717) is 27.4 Å². The molecule has 3 heterocycles. The van der Waals surface area contributed by atoms with Gasteiger partial charge in [-0.05, 0) is 31.2 Å². The highest BCUT2D eigenvalue weighted by Crippen LogP contribution is 2.24. The van der Waals surface area contributed by atoms with Crippen molar-refractivity contribution in [3.8, 4) is 5.69 Å². The number of halogens is 1. The predicted octanol–water partition coefficient (Wildman–Crippen LogP) is 3.40. The van der Waals surface area contributed by atoms with Gasteiger partial charge < -0.3 is 5.32 Å². The maximum atomic E-state index is 13.3. The second-order valence-corrected chi connectivity index (χ2v) is 6.36. The minimum Gasteiger partial charge on any atom is -0.373 e. The van der Waals surface area contributed by atoms with Crippen LogP contribution in [0.3, 0.4) is 0 Å². The first-order valence-electron chi connectivity index (χ1n) is 8.28. The van der Waals surface area contributed by atoms with Gasteiger partial charge in [0.1, 0.15) is 12.2 Å². The molecule has 0 amide bonds. The van der Waals surface area contributed by atoms with Crippen LogP contribution >= 0.6 is 11.6 Å². The zero-order valence-electron chi connectivity index (χ0n) is 14.4. The van der Waals surface area contributed by atoms with Crippen molar-refractivity contribution in [3.63, 3.8) is 0 Å². The first-order chi connectivity index (χ1) is 13.1. The normalized spacial score (nSPS) is 12.1. The number of pyridine rings is 1. The van der Waals surface area contributed by atoms with E-state index in [9.17, 15) is 4.79 Å². The summed E-state index contributed by atoms with van der Waals surface area (Å²) in [5, 5.41) is 4.02. The topological polar surface area (TPSA) is 85.6 Å². The fourth-order valence-electron chi connectivity index (χ4n) is 2.92. The van der Waals surface area contributed by atoms with E-state index in [0.717, 1.165) is 5.69 Å². The van der Waals surface area contributed by atoms with Gasteiger partial charge in [-0.15, -0.1) is 0 Å². The summed E-state index contributed by atoms with van der Waals surface area (Å²) >= 11 is 6.28. The maximum absolute atomic E-state index is 13.3. The van der Waals surface area contributed by atoms with Gasteiger partial charge in [0.2, 0.25) is 0 Å². The van der Waals surface area contributed by atoms with Gasteiger partial charge >= 0.3 is 0 Å². The monoisotopic (exact) mass is 378 g/mol. The van der Waals surface area contributed by atoms with E-state index in [1.165, 1.54) is 10.9 Å². The summed E-state index contributed by atoms with van der Waals surface area (Å²) in [6.07, 6.45) is 8.05. The highest BCUT2D eigenvalue weighted by atomic mass is 35.5. The fourth-order valence-corrected chi connectivity index (χ4v) is 3.17. The highest BCUT2D eigenvalue weighted by molar-refractivity contribution is 6.35. The molecule has 0 fully saturated rings. The van der Waals surface area contributed by atoms with Gasteiger partial charge in [-0.1, -0.05) is 17.7 Å². The molecule has 8 heteroatoms. The van der Waals surface area contributed by atoms with Crippen LogP contribution in [0.4, 0.5) is 5.69 Å². The number of hydrogen-bond acceptors (Lipinski definition) is 6. The van der Waals surface area contributed by atoms with Crippen LogP contribution in [-0.4, -0.2) is 24.5 Å². The van der Waals surface area contributed by atoms with Crippen molar-refractivity contribution in [2.24, 2.45) is 0 Å². The SMILES string of the molecule is C[C@H](Nc1cncnc1)c1nc2cccc(Cl)c2c(=O)n1-c1cccnc1. The van der Waals surface area contributed by atoms with Crippen LogP contribution < -0.4 is 10.9 Å². The molecule has 27 heavy (non-hydrogen) atoms. The molecule has 0 unspecified atom stereocenters. The Bertz CT molecular complexity index is 1150. The molecule has 1 atom stereocenters. The lowest BCUT2D eigenvalue weighted by Gasteiger charge is -2.20. The quantitative estimate of drug-likeness (QED) is 0.585. The lowest BCUT2D eigenvalue weighted by molar-refractivity contribution is 0.732. The number of hydrogen-bond donors (Lipinski definition) is 1. The van der Waals surface area contributed by atoms with Crippen LogP contribution in [0.1, 0.15) is 18.8 Å². The molecular formula is C19H15ClN6O. The second kappa shape index (κ2) is 7.13. The van der Waals surface area contributed by atoms with Gasteiger partial charge in [0.15, 0.2) is 0 Å². The Labute approximate surface area is 159 Å². The van der Waals surface area contributed by atoms with Gasteiger partial charge in [-0.25, -0.2) is 15.0 Å². The third-order valence-electron chi connectivity index (χ3n) is 4.11. The molecule has 0 saturated heterocycles. The predicted molar refractivity (Wildman–Crippen MR) is 104 cm³/mol. The molecule has 0 aliphatic heterocycles. The molecule has 0 aliphatic rings. The van der Waals surface area contributed by atoms with E-state index in [-0.39, 0.29) is 11.6 Å².